The molecule has 0 saturated heterocycles. The monoisotopic (exact) mass is 808 g/mol. The first-order valence-corrected chi connectivity index (χ1v) is 20.3. The molecule has 0 heterocycles. The fraction of sp³-hybridized carbons (Fsp3) is 0.263. The van der Waals surface area contributed by atoms with Crippen molar-refractivity contribution in [1.82, 2.24) is 0 Å². The number of amides is 6. The number of hydrogen-bond acceptors (Lipinski definition) is 10. The lowest BCUT2D eigenvalue weighted by Crippen LogP contribution is -2.21. The number of aryl methyl sites for hydroxylation is 2. The number of carbonyl (C=O) groups excluding carboxylic acids is 4. The molecule has 0 spiro atoms. The van der Waals surface area contributed by atoms with Gasteiger partial charge in [0.2, 0.25) is 9.84 Å². The molecule has 0 bridgehead atoms. The van der Waals surface area contributed by atoms with E-state index in [0.717, 1.165) is 42.4 Å². The van der Waals surface area contributed by atoms with E-state index in [0.29, 0.717) is 46.3 Å². The summed E-state index contributed by atoms with van der Waals surface area (Å²) in [6.45, 7) is 7.58. The van der Waals surface area contributed by atoms with Crippen LogP contribution in [0, 0.1) is 13.8 Å². The van der Waals surface area contributed by atoms with Gasteiger partial charge in [-0.1, -0.05) is 38.8 Å². The molecular formula is C38H44N6O8S3. The Bertz CT molecular complexity index is 2080. The second-order valence-corrected chi connectivity index (χ2v) is 15.6. The third kappa shape index (κ3) is 13.2. The van der Waals surface area contributed by atoms with Crippen LogP contribution < -0.4 is 31.9 Å². The number of ether oxygens (including phenoxy) is 1. The third-order valence-corrected chi connectivity index (χ3v) is 10.7. The highest BCUT2D eigenvalue weighted by Crippen LogP contribution is 2.26. The molecule has 1 atom stereocenters. The van der Waals surface area contributed by atoms with Crippen molar-refractivity contribution in [2.75, 3.05) is 37.7 Å². The van der Waals surface area contributed by atoms with E-state index in [4.69, 9.17) is 8.92 Å². The van der Waals surface area contributed by atoms with Crippen LogP contribution in [0.3, 0.4) is 0 Å². The van der Waals surface area contributed by atoms with Crippen LogP contribution in [0.1, 0.15) is 50.7 Å². The first-order valence-electron chi connectivity index (χ1n) is 17.4. The summed E-state index contributed by atoms with van der Waals surface area (Å²) in [7, 11) is -3.94. The third-order valence-electron chi connectivity index (χ3n) is 7.80. The smallest absolute Gasteiger partial charge is 0.423 e. The number of anilines is 6. The second kappa shape index (κ2) is 20.3. The zero-order valence-electron chi connectivity index (χ0n) is 30.7. The normalized spacial score (nSPS) is 11.4. The molecule has 6 amide bonds. The van der Waals surface area contributed by atoms with E-state index in [1.165, 1.54) is 48.5 Å². The maximum absolute atomic E-state index is 13.4. The van der Waals surface area contributed by atoms with E-state index in [-0.39, 0.29) is 9.79 Å². The van der Waals surface area contributed by atoms with Crippen LogP contribution >= 0.6 is 24.7 Å². The first kappa shape index (κ1) is 42.4. The van der Waals surface area contributed by atoms with Crippen LogP contribution in [0.15, 0.2) is 94.7 Å². The second-order valence-electron chi connectivity index (χ2n) is 12.2. The van der Waals surface area contributed by atoms with E-state index >= 15 is 0 Å². The Morgan fingerprint density at radius 2 is 1.09 bits per heavy atom. The number of nitrogens with one attached hydrogen (secondary N) is 6. The predicted molar refractivity (Wildman–Crippen MR) is 221 cm³/mol. The minimum Gasteiger partial charge on any atom is -0.435 e. The van der Waals surface area contributed by atoms with Gasteiger partial charge in [0.25, 0.3) is 0 Å². The molecule has 4 rings (SSSR count). The highest BCUT2D eigenvalue weighted by molar-refractivity contribution is 7.95. The summed E-state index contributed by atoms with van der Waals surface area (Å²) in [5.41, 5.74) is 3.37. The van der Waals surface area contributed by atoms with Gasteiger partial charge < -0.3 is 30.2 Å². The van der Waals surface area contributed by atoms with Crippen LogP contribution in [-0.4, -0.2) is 43.9 Å². The Hall–Kier alpha value is -5.39. The summed E-state index contributed by atoms with van der Waals surface area (Å²) in [5.74, 6) is 0.696. The molecule has 0 aliphatic heterocycles. The lowest BCUT2D eigenvalue weighted by Gasteiger charge is -2.14. The molecule has 4 aromatic rings. The van der Waals surface area contributed by atoms with Crippen molar-refractivity contribution in [3.05, 3.63) is 96.1 Å². The topological polar surface area (TPSA) is 193 Å². The van der Waals surface area contributed by atoms with Gasteiger partial charge in [-0.2, -0.15) is 0 Å². The highest BCUT2D eigenvalue weighted by atomic mass is 32.2. The van der Waals surface area contributed by atoms with Gasteiger partial charge in [-0.3, -0.25) is 10.6 Å². The summed E-state index contributed by atoms with van der Waals surface area (Å²) < 4.78 is 37.0. The Kier molecular flexibility index (Phi) is 15.7. The fourth-order valence-electron chi connectivity index (χ4n) is 4.82. The molecule has 55 heavy (non-hydrogen) atoms. The van der Waals surface area contributed by atoms with Crippen molar-refractivity contribution in [2.45, 2.75) is 68.6 Å². The molecular weight excluding hydrogens is 765 g/mol. The zero-order valence-corrected chi connectivity index (χ0v) is 33.3. The van der Waals surface area contributed by atoms with Gasteiger partial charge in [-0.05, 0) is 111 Å². The molecule has 14 nitrogen and oxygen atoms in total. The van der Waals surface area contributed by atoms with E-state index < -0.39 is 39.5 Å². The van der Waals surface area contributed by atoms with E-state index in [9.17, 15) is 27.6 Å². The van der Waals surface area contributed by atoms with Crippen LogP contribution in [-0.2, 0) is 18.8 Å². The number of carbonyl (C=O) groups is 4. The average Bonchev–Trinajstić information content (AvgIpc) is 3.13. The Balaban J connectivity index is 1.31. The summed E-state index contributed by atoms with van der Waals surface area (Å²) in [4.78, 5) is 49.8. The van der Waals surface area contributed by atoms with Crippen LogP contribution in [0.25, 0.3) is 0 Å². The zero-order chi connectivity index (χ0) is 40.0. The molecule has 17 heteroatoms. The lowest BCUT2D eigenvalue weighted by atomic mass is 10.2. The standard InChI is InChI=1S/C38H44N6O8S3/c1-5-7-21-54-52-38(48)42-29-12-10-25(4)33(23-29)44-36(46)40-27-15-19-31(20-16-27)55(49,50)30-17-13-26(14-18-30)39-35(45)43-32-22-28(11-9-24(32)3)41-37(47)51-34(53)8-6-2/h9-20,22-23,34,53H,5-8,21H2,1-4H3,(H,41,47)(H,42,48)(H2,39,43,45)(H2,40,44,46). The quantitative estimate of drug-likeness (QED) is 0.0265. The fourth-order valence-corrected chi connectivity index (χ4v) is 7.08. The number of thiol groups is 1. The molecule has 0 aliphatic carbocycles. The van der Waals surface area contributed by atoms with Gasteiger partial charge in [0.05, 0.1) is 21.8 Å². The minimum atomic E-state index is -3.94. The van der Waals surface area contributed by atoms with Crippen molar-refractivity contribution in [1.29, 1.82) is 0 Å². The molecule has 0 fully saturated rings. The van der Waals surface area contributed by atoms with Crippen LogP contribution in [0.4, 0.5) is 53.3 Å². The number of sulfone groups is 1. The number of benzene rings is 4. The van der Waals surface area contributed by atoms with E-state index in [1.54, 1.807) is 50.2 Å². The van der Waals surface area contributed by atoms with E-state index in [2.05, 4.69) is 44.5 Å². The maximum atomic E-state index is 13.4. The summed E-state index contributed by atoms with van der Waals surface area (Å²) in [6.07, 6.45) is 2.05. The van der Waals surface area contributed by atoms with Crippen molar-refractivity contribution in [3.8, 4) is 0 Å². The Morgan fingerprint density at radius 3 is 1.55 bits per heavy atom. The largest absolute Gasteiger partial charge is 0.435 e. The van der Waals surface area contributed by atoms with Crippen molar-refractivity contribution >= 4 is 92.9 Å². The van der Waals surface area contributed by atoms with Crippen LogP contribution in [0.2, 0.25) is 0 Å². The summed E-state index contributed by atoms with van der Waals surface area (Å²) >= 11 is 5.30. The molecule has 6 N–H and O–H groups in total. The molecule has 1 unspecified atom stereocenters. The van der Waals surface area contributed by atoms with Gasteiger partial charge in [0.15, 0.2) is 0 Å². The Labute approximate surface area is 330 Å². The molecule has 292 valence electrons. The van der Waals surface area contributed by atoms with Gasteiger partial charge >= 0.3 is 24.2 Å². The number of hydrogen-bond donors (Lipinski definition) is 7. The van der Waals surface area contributed by atoms with Gasteiger partial charge in [0, 0.05) is 39.9 Å². The molecule has 0 aliphatic rings. The number of rotatable bonds is 15. The number of unbranched alkanes of at least 4 members (excludes halogenated alkanes) is 1. The molecule has 0 radical (unpaired) electrons. The van der Waals surface area contributed by atoms with Gasteiger partial charge in [0.1, 0.15) is 5.44 Å². The molecule has 0 aromatic heterocycles. The minimum absolute atomic E-state index is 0.00521. The number of urea groups is 2. The first-order chi connectivity index (χ1) is 26.3. The average molecular weight is 809 g/mol. The SMILES string of the molecule is CCCCSOC(=O)Nc1ccc(C)c(NC(=O)Nc2ccc(S(=O)(=O)c3ccc(NC(=O)Nc4cc(NC(=O)OC(S)CCC)ccc4C)cc3)cc2)c1. The van der Waals surface area contributed by atoms with Crippen molar-refractivity contribution in [2.24, 2.45) is 0 Å². The Morgan fingerprint density at radius 1 is 0.636 bits per heavy atom. The summed E-state index contributed by atoms with van der Waals surface area (Å²) in [6, 6.07) is 20.2. The van der Waals surface area contributed by atoms with Gasteiger partial charge in [-0.15, -0.1) is 12.6 Å². The van der Waals surface area contributed by atoms with Gasteiger partial charge in [-0.25, -0.2) is 27.6 Å². The maximum Gasteiger partial charge on any atom is 0.423 e. The molecule has 0 saturated carbocycles. The lowest BCUT2D eigenvalue weighted by molar-refractivity contribution is 0.147. The van der Waals surface area contributed by atoms with Crippen molar-refractivity contribution in [3.63, 3.8) is 0 Å². The summed E-state index contributed by atoms with van der Waals surface area (Å²) in [5, 5.41) is 16.0. The van der Waals surface area contributed by atoms with E-state index in [1.807, 2.05) is 13.8 Å². The predicted octanol–water partition coefficient (Wildman–Crippen LogP) is 10.0. The highest BCUT2D eigenvalue weighted by Gasteiger charge is 2.19. The van der Waals surface area contributed by atoms with Crippen LogP contribution in [0.5, 0.6) is 0 Å². The van der Waals surface area contributed by atoms with Crippen molar-refractivity contribution < 1.29 is 36.5 Å². The molecule has 4 aromatic carbocycles.